The van der Waals surface area contributed by atoms with Gasteiger partial charge in [0.2, 0.25) is 0 Å². The van der Waals surface area contributed by atoms with Crippen LogP contribution in [0.4, 0.5) is 0 Å². The van der Waals surface area contributed by atoms with Crippen molar-refractivity contribution in [2.24, 2.45) is 0 Å². The lowest BCUT2D eigenvalue weighted by atomic mass is 10.2. The highest BCUT2D eigenvalue weighted by Crippen LogP contribution is 2.27. The Morgan fingerprint density at radius 2 is 1.92 bits per heavy atom. The van der Waals surface area contributed by atoms with Gasteiger partial charge in [0.1, 0.15) is 11.5 Å². The summed E-state index contributed by atoms with van der Waals surface area (Å²) < 4.78 is 11.9. The van der Waals surface area contributed by atoms with Gasteiger partial charge in [0.05, 0.1) is 16.6 Å². The van der Waals surface area contributed by atoms with E-state index < -0.39 is 0 Å². The van der Waals surface area contributed by atoms with Gasteiger partial charge in [-0.3, -0.25) is 0 Å². The fourth-order valence-electron chi connectivity index (χ4n) is 2.30. The Balaban J connectivity index is 1.94. The summed E-state index contributed by atoms with van der Waals surface area (Å²) in [6.07, 6.45) is 4.65. The maximum atomic E-state index is 12.2. The van der Waals surface area contributed by atoms with Gasteiger partial charge in [0.25, 0.3) is 0 Å². The van der Waals surface area contributed by atoms with Crippen LogP contribution in [0.5, 0.6) is 11.5 Å². The van der Waals surface area contributed by atoms with Crippen LogP contribution in [-0.2, 0) is 0 Å². The smallest absolute Gasteiger partial charge is 0.343 e. The first kappa shape index (κ1) is 18.5. The average molecular weight is 391 g/mol. The number of unbranched alkanes of at least 4 members (excludes halogenated alkanes) is 3. The molecule has 0 N–H and O–H groups in total. The van der Waals surface area contributed by atoms with Crippen LogP contribution in [0.1, 0.15) is 48.5 Å². The summed E-state index contributed by atoms with van der Waals surface area (Å²) in [7, 11) is 0. The van der Waals surface area contributed by atoms with E-state index >= 15 is 0 Å². The minimum atomic E-state index is -0.379. The summed E-state index contributed by atoms with van der Waals surface area (Å²) in [4.78, 5) is 12.2. The van der Waals surface area contributed by atoms with Gasteiger partial charge >= 0.3 is 5.97 Å². The van der Waals surface area contributed by atoms with Crippen molar-refractivity contribution in [1.29, 1.82) is 0 Å². The predicted octanol–water partition coefficient (Wildman–Crippen LogP) is 5.94. The van der Waals surface area contributed by atoms with Gasteiger partial charge in [-0.25, -0.2) is 4.79 Å². The Hall–Kier alpha value is -1.81. The van der Waals surface area contributed by atoms with Crippen molar-refractivity contribution in [1.82, 2.24) is 0 Å². The van der Waals surface area contributed by atoms with Gasteiger partial charge in [0.15, 0.2) is 0 Å². The minimum absolute atomic E-state index is 0.379. The summed E-state index contributed by atoms with van der Waals surface area (Å²) >= 11 is 3.46. The Labute approximate surface area is 152 Å². The van der Waals surface area contributed by atoms with Crippen molar-refractivity contribution in [3.8, 4) is 11.5 Å². The van der Waals surface area contributed by atoms with Crippen molar-refractivity contribution < 1.29 is 14.3 Å². The van der Waals surface area contributed by atoms with Crippen molar-refractivity contribution in [2.45, 2.75) is 39.5 Å². The largest absolute Gasteiger partial charge is 0.492 e. The molecule has 0 atom stereocenters. The molecule has 0 unspecified atom stereocenters. The topological polar surface area (TPSA) is 35.5 Å². The molecule has 0 aliphatic rings. The quantitative estimate of drug-likeness (QED) is 0.318. The van der Waals surface area contributed by atoms with E-state index in [0.717, 1.165) is 22.2 Å². The fraction of sp³-hybridized carbons (Fsp3) is 0.350. The minimum Gasteiger partial charge on any atom is -0.492 e. The van der Waals surface area contributed by atoms with Crippen molar-refractivity contribution >= 4 is 21.9 Å². The fourth-order valence-corrected chi connectivity index (χ4v) is 2.79. The molecule has 0 heterocycles. The number of halogens is 1. The standard InChI is InChI=1S/C20H23BrO3/c1-3-4-5-6-12-23-19-11-10-16(14-18(19)21)20(22)24-17-9-7-8-15(2)13-17/h7-11,13-14H,3-6,12H2,1-2H3. The monoisotopic (exact) mass is 390 g/mol. The van der Waals surface area contributed by atoms with Gasteiger partial charge in [-0.1, -0.05) is 38.3 Å². The normalized spacial score (nSPS) is 10.5. The van der Waals surface area contributed by atoms with Crippen LogP contribution in [0.15, 0.2) is 46.9 Å². The van der Waals surface area contributed by atoms with Crippen LogP contribution >= 0.6 is 15.9 Å². The number of rotatable bonds is 8. The molecule has 3 nitrogen and oxygen atoms in total. The van der Waals surface area contributed by atoms with Crippen LogP contribution in [0.2, 0.25) is 0 Å². The van der Waals surface area contributed by atoms with Crippen LogP contribution in [0, 0.1) is 6.92 Å². The second kappa shape index (κ2) is 9.48. The van der Waals surface area contributed by atoms with Gasteiger partial charge in [-0.2, -0.15) is 0 Å². The number of hydrogen-bond acceptors (Lipinski definition) is 3. The Bertz CT molecular complexity index is 682. The first-order chi connectivity index (χ1) is 11.6. The van der Waals surface area contributed by atoms with Crippen molar-refractivity contribution in [3.05, 3.63) is 58.1 Å². The third-order valence-corrected chi connectivity index (χ3v) is 4.24. The highest BCUT2D eigenvalue weighted by molar-refractivity contribution is 9.10. The Morgan fingerprint density at radius 1 is 1.08 bits per heavy atom. The zero-order chi connectivity index (χ0) is 17.4. The zero-order valence-electron chi connectivity index (χ0n) is 14.2. The molecule has 0 radical (unpaired) electrons. The first-order valence-electron chi connectivity index (χ1n) is 8.31. The summed E-state index contributed by atoms with van der Waals surface area (Å²) in [6, 6.07) is 12.7. The molecule has 0 saturated carbocycles. The lowest BCUT2D eigenvalue weighted by molar-refractivity contribution is 0.0734. The van der Waals surface area contributed by atoms with Gasteiger partial charge in [-0.15, -0.1) is 0 Å². The van der Waals surface area contributed by atoms with E-state index in [1.165, 1.54) is 19.3 Å². The van der Waals surface area contributed by atoms with Crippen molar-refractivity contribution in [3.63, 3.8) is 0 Å². The molecule has 0 bridgehead atoms. The molecular formula is C20H23BrO3. The van der Waals surface area contributed by atoms with Crippen LogP contribution in [0.25, 0.3) is 0 Å². The van der Waals surface area contributed by atoms with Crippen LogP contribution < -0.4 is 9.47 Å². The number of carbonyl (C=O) groups is 1. The number of carbonyl (C=O) groups excluding carboxylic acids is 1. The van der Waals surface area contributed by atoms with E-state index in [2.05, 4.69) is 22.9 Å². The van der Waals surface area contributed by atoms with E-state index in [1.54, 1.807) is 24.3 Å². The van der Waals surface area contributed by atoms with Gasteiger partial charge < -0.3 is 9.47 Å². The van der Waals surface area contributed by atoms with E-state index in [4.69, 9.17) is 9.47 Å². The van der Waals surface area contributed by atoms with E-state index in [-0.39, 0.29) is 5.97 Å². The molecule has 2 aromatic rings. The number of esters is 1. The molecule has 24 heavy (non-hydrogen) atoms. The maximum Gasteiger partial charge on any atom is 0.343 e. The number of benzene rings is 2. The molecule has 2 aromatic carbocycles. The number of aryl methyl sites for hydroxylation is 1. The second-order valence-corrected chi connectivity index (χ2v) is 6.61. The SMILES string of the molecule is CCCCCCOc1ccc(C(=O)Oc2cccc(C)c2)cc1Br. The molecule has 0 saturated heterocycles. The van der Waals surface area contributed by atoms with Gasteiger partial charge in [-0.05, 0) is 65.2 Å². The lowest BCUT2D eigenvalue weighted by Crippen LogP contribution is -2.09. The summed E-state index contributed by atoms with van der Waals surface area (Å²) in [6.45, 7) is 4.83. The molecule has 4 heteroatoms. The van der Waals surface area contributed by atoms with E-state index in [0.29, 0.717) is 17.9 Å². The molecule has 0 aromatic heterocycles. The molecule has 128 valence electrons. The third kappa shape index (κ3) is 5.68. The molecule has 0 spiro atoms. The lowest BCUT2D eigenvalue weighted by Gasteiger charge is -2.10. The molecule has 2 rings (SSSR count). The molecule has 0 amide bonds. The molecule has 0 fully saturated rings. The van der Waals surface area contributed by atoms with E-state index in [9.17, 15) is 4.79 Å². The second-order valence-electron chi connectivity index (χ2n) is 5.76. The maximum absolute atomic E-state index is 12.2. The highest BCUT2D eigenvalue weighted by atomic mass is 79.9. The number of ether oxygens (including phenoxy) is 2. The predicted molar refractivity (Wildman–Crippen MR) is 99.9 cm³/mol. The first-order valence-corrected chi connectivity index (χ1v) is 9.10. The van der Waals surface area contributed by atoms with E-state index in [1.807, 2.05) is 25.1 Å². The number of hydrogen-bond donors (Lipinski definition) is 0. The molecular weight excluding hydrogens is 368 g/mol. The molecule has 0 aliphatic carbocycles. The highest BCUT2D eigenvalue weighted by Gasteiger charge is 2.11. The van der Waals surface area contributed by atoms with Crippen molar-refractivity contribution in [2.75, 3.05) is 6.61 Å². The summed E-state index contributed by atoms with van der Waals surface area (Å²) in [5, 5.41) is 0. The molecule has 0 aliphatic heterocycles. The van der Waals surface area contributed by atoms with Crippen LogP contribution in [-0.4, -0.2) is 12.6 Å². The van der Waals surface area contributed by atoms with Gasteiger partial charge in [0, 0.05) is 0 Å². The Kier molecular flexibility index (Phi) is 7.32. The third-order valence-electron chi connectivity index (χ3n) is 3.62. The zero-order valence-corrected chi connectivity index (χ0v) is 15.8. The summed E-state index contributed by atoms with van der Waals surface area (Å²) in [5.74, 6) is 0.918. The Morgan fingerprint density at radius 3 is 2.62 bits per heavy atom. The van der Waals surface area contributed by atoms with Crippen LogP contribution in [0.3, 0.4) is 0 Å². The average Bonchev–Trinajstić information content (AvgIpc) is 2.56. The summed E-state index contributed by atoms with van der Waals surface area (Å²) in [5.41, 5.74) is 1.54.